The molecular weight excluding hydrogens is 158 g/mol. The molecular formula is C12H21N. The second kappa shape index (κ2) is 1.71. The van der Waals surface area contributed by atoms with Crippen molar-refractivity contribution in [3.8, 4) is 0 Å². The van der Waals surface area contributed by atoms with Crippen LogP contribution < -0.4 is 5.73 Å². The minimum atomic E-state index is 0.555. The summed E-state index contributed by atoms with van der Waals surface area (Å²) in [6.45, 7) is 10.7. The molecule has 0 aromatic carbocycles. The molecule has 3 rings (SSSR count). The van der Waals surface area contributed by atoms with Crippen LogP contribution >= 0.6 is 0 Å². The monoisotopic (exact) mass is 179 g/mol. The zero-order valence-electron chi connectivity index (χ0n) is 9.22. The zero-order chi connectivity index (χ0) is 9.65. The quantitative estimate of drug-likeness (QED) is 0.656. The second-order valence-corrected chi connectivity index (χ2v) is 6.39. The molecule has 0 aromatic rings. The molecule has 0 radical (unpaired) electrons. The highest BCUT2D eigenvalue weighted by atomic mass is 15.0. The number of fused-ring (bicyclic) bond motifs is 1. The molecule has 74 valence electrons. The predicted octanol–water partition coefficient (Wildman–Crippen LogP) is 2.26. The first-order valence-corrected chi connectivity index (χ1v) is 5.65. The molecule has 3 fully saturated rings. The van der Waals surface area contributed by atoms with E-state index in [2.05, 4.69) is 27.7 Å². The van der Waals surface area contributed by atoms with Gasteiger partial charge in [0.2, 0.25) is 0 Å². The number of nitrogens with two attached hydrogens (primary N) is 1. The topological polar surface area (TPSA) is 26.0 Å². The summed E-state index contributed by atoms with van der Waals surface area (Å²) < 4.78 is 0. The summed E-state index contributed by atoms with van der Waals surface area (Å²) in [6, 6.07) is 0. The van der Waals surface area contributed by atoms with Crippen LogP contribution in [0.3, 0.4) is 0 Å². The number of hydrogen-bond acceptors (Lipinski definition) is 1. The van der Waals surface area contributed by atoms with Crippen molar-refractivity contribution in [1.29, 1.82) is 0 Å². The van der Waals surface area contributed by atoms with E-state index in [1.807, 2.05) is 0 Å². The van der Waals surface area contributed by atoms with E-state index in [1.165, 1.54) is 6.42 Å². The van der Waals surface area contributed by atoms with Gasteiger partial charge in [-0.2, -0.15) is 0 Å². The van der Waals surface area contributed by atoms with E-state index in [9.17, 15) is 0 Å². The highest BCUT2D eigenvalue weighted by Crippen LogP contribution is 2.99. The van der Waals surface area contributed by atoms with Crippen LogP contribution in [0.1, 0.15) is 34.1 Å². The van der Waals surface area contributed by atoms with Gasteiger partial charge in [0.05, 0.1) is 0 Å². The van der Waals surface area contributed by atoms with Crippen molar-refractivity contribution >= 4 is 0 Å². The minimum absolute atomic E-state index is 0.555. The molecule has 1 nitrogen and oxygen atoms in total. The summed E-state index contributed by atoms with van der Waals surface area (Å²) in [5.41, 5.74) is 7.80. The van der Waals surface area contributed by atoms with Crippen LogP contribution in [-0.2, 0) is 0 Å². The van der Waals surface area contributed by atoms with E-state index in [4.69, 9.17) is 5.73 Å². The summed E-state index contributed by atoms with van der Waals surface area (Å²) >= 11 is 0. The molecule has 3 aliphatic rings. The molecule has 2 N–H and O–H groups in total. The van der Waals surface area contributed by atoms with Crippen LogP contribution in [0.25, 0.3) is 0 Å². The molecule has 5 atom stereocenters. The van der Waals surface area contributed by atoms with Crippen molar-refractivity contribution in [2.24, 2.45) is 39.7 Å². The van der Waals surface area contributed by atoms with E-state index in [-0.39, 0.29) is 0 Å². The van der Waals surface area contributed by atoms with Crippen LogP contribution in [0.5, 0.6) is 0 Å². The molecule has 2 unspecified atom stereocenters. The molecule has 1 spiro atoms. The Morgan fingerprint density at radius 1 is 1.31 bits per heavy atom. The summed E-state index contributed by atoms with van der Waals surface area (Å²) in [5, 5.41) is 0. The second-order valence-electron chi connectivity index (χ2n) is 6.39. The van der Waals surface area contributed by atoms with E-state index in [0.29, 0.717) is 16.2 Å². The first-order valence-electron chi connectivity index (χ1n) is 5.65. The number of rotatable bonds is 1. The average Bonchev–Trinajstić information content (AvgIpc) is 2.84. The molecule has 13 heavy (non-hydrogen) atoms. The first kappa shape index (κ1) is 8.28. The minimum Gasteiger partial charge on any atom is -0.330 e. The summed E-state index contributed by atoms with van der Waals surface area (Å²) in [7, 11) is 0. The lowest BCUT2D eigenvalue weighted by Crippen LogP contribution is -2.29. The van der Waals surface area contributed by atoms with Gasteiger partial charge in [-0.05, 0) is 47.0 Å². The molecule has 0 bridgehead atoms. The van der Waals surface area contributed by atoms with Crippen LogP contribution in [0.4, 0.5) is 0 Å². The summed E-state index contributed by atoms with van der Waals surface area (Å²) in [6.07, 6.45) is 1.44. The van der Waals surface area contributed by atoms with Gasteiger partial charge in [0, 0.05) is 0 Å². The van der Waals surface area contributed by atoms with E-state index in [1.54, 1.807) is 0 Å². The maximum atomic E-state index is 5.91. The molecule has 0 aromatic heterocycles. The first-order chi connectivity index (χ1) is 5.95. The zero-order valence-corrected chi connectivity index (χ0v) is 9.22. The van der Waals surface area contributed by atoms with Gasteiger partial charge >= 0.3 is 0 Å². The maximum Gasteiger partial charge on any atom is -0.00118 e. The van der Waals surface area contributed by atoms with Crippen molar-refractivity contribution in [3.05, 3.63) is 0 Å². The molecule has 0 saturated heterocycles. The third-order valence-electron chi connectivity index (χ3n) is 6.40. The van der Waals surface area contributed by atoms with Crippen molar-refractivity contribution in [1.82, 2.24) is 0 Å². The fourth-order valence-corrected chi connectivity index (χ4v) is 4.95. The molecule has 0 aliphatic heterocycles. The highest BCUT2D eigenvalue weighted by Gasteiger charge is 2.96. The third-order valence-corrected chi connectivity index (χ3v) is 6.40. The van der Waals surface area contributed by atoms with Gasteiger partial charge in [-0.15, -0.1) is 0 Å². The van der Waals surface area contributed by atoms with Crippen LogP contribution in [0.2, 0.25) is 0 Å². The van der Waals surface area contributed by atoms with Crippen molar-refractivity contribution in [2.75, 3.05) is 6.54 Å². The predicted molar refractivity (Wildman–Crippen MR) is 54.1 cm³/mol. The Hall–Kier alpha value is -0.0400. The van der Waals surface area contributed by atoms with Crippen molar-refractivity contribution in [3.63, 3.8) is 0 Å². The van der Waals surface area contributed by atoms with Gasteiger partial charge in [0.15, 0.2) is 0 Å². The molecule has 1 heteroatoms. The molecule has 0 heterocycles. The average molecular weight is 179 g/mol. The van der Waals surface area contributed by atoms with Gasteiger partial charge < -0.3 is 5.73 Å². The lowest BCUT2D eigenvalue weighted by molar-refractivity contribution is 0.152. The molecule has 3 saturated carbocycles. The Morgan fingerprint density at radius 3 is 2.31 bits per heavy atom. The highest BCUT2D eigenvalue weighted by molar-refractivity contribution is 5.43. The third kappa shape index (κ3) is 0.516. The van der Waals surface area contributed by atoms with Gasteiger partial charge in [0.1, 0.15) is 0 Å². The standard InChI is InChI=1S/C12H21N/c1-7-9-11(6-13)5-12(9,11)8(2)10(7,3)4/h7-9H,5-6,13H2,1-4H3/t7?,8-,9+,11?,12-/m0/s1. The lowest BCUT2D eigenvalue weighted by atomic mass is 9.72. The number of hydrogen-bond donors (Lipinski definition) is 1. The maximum absolute atomic E-state index is 5.91. The molecule has 3 aliphatic carbocycles. The van der Waals surface area contributed by atoms with Crippen LogP contribution in [0, 0.1) is 34.0 Å². The smallest absolute Gasteiger partial charge is 0.00118 e. The lowest BCUT2D eigenvalue weighted by Gasteiger charge is -2.33. The van der Waals surface area contributed by atoms with E-state index < -0.39 is 0 Å². The normalized spacial score (nSPS) is 65.8. The Morgan fingerprint density at radius 2 is 1.92 bits per heavy atom. The van der Waals surface area contributed by atoms with Gasteiger partial charge in [-0.25, -0.2) is 0 Å². The largest absolute Gasteiger partial charge is 0.330 e. The van der Waals surface area contributed by atoms with Crippen molar-refractivity contribution in [2.45, 2.75) is 34.1 Å². The molecule has 0 amide bonds. The Labute approximate surface area is 81.1 Å². The van der Waals surface area contributed by atoms with Gasteiger partial charge in [-0.1, -0.05) is 27.7 Å². The summed E-state index contributed by atoms with van der Waals surface area (Å²) in [4.78, 5) is 0. The Balaban J connectivity index is 1.99. The van der Waals surface area contributed by atoms with Crippen LogP contribution in [-0.4, -0.2) is 6.54 Å². The SMILES string of the molecule is CC1[C@@H]2C3(CN)C[C@]23[C@@H](C)C1(C)C. The summed E-state index contributed by atoms with van der Waals surface area (Å²) in [5.74, 6) is 2.76. The van der Waals surface area contributed by atoms with E-state index in [0.717, 1.165) is 24.3 Å². The van der Waals surface area contributed by atoms with E-state index >= 15 is 0 Å². The van der Waals surface area contributed by atoms with Crippen molar-refractivity contribution < 1.29 is 0 Å². The fraction of sp³-hybridized carbons (Fsp3) is 1.00. The van der Waals surface area contributed by atoms with Gasteiger partial charge in [0.25, 0.3) is 0 Å². The Kier molecular flexibility index (Phi) is 1.09. The van der Waals surface area contributed by atoms with Crippen LogP contribution in [0.15, 0.2) is 0 Å². The van der Waals surface area contributed by atoms with Gasteiger partial charge in [-0.3, -0.25) is 0 Å². The fourth-order valence-electron chi connectivity index (χ4n) is 4.95. The Bertz CT molecular complexity index is 283.